The first kappa shape index (κ1) is 21.3. The molecule has 0 radical (unpaired) electrons. The second-order valence-corrected chi connectivity index (χ2v) is 8.11. The van der Waals surface area contributed by atoms with Gasteiger partial charge < -0.3 is 15.0 Å². The van der Waals surface area contributed by atoms with Crippen LogP contribution in [0.2, 0.25) is 0 Å². The Bertz CT molecular complexity index is 660. The van der Waals surface area contributed by atoms with Gasteiger partial charge in [-0.2, -0.15) is 0 Å². The van der Waals surface area contributed by atoms with Gasteiger partial charge in [-0.25, -0.2) is 0 Å². The lowest BCUT2D eigenvalue weighted by Crippen LogP contribution is -2.19. The molecule has 0 heterocycles. The minimum Gasteiger partial charge on any atom is -0.491 e. The molecule has 0 spiro atoms. The van der Waals surface area contributed by atoms with E-state index in [9.17, 15) is 0 Å². The number of hydrogen-bond donors (Lipinski definition) is 1. The zero-order valence-electron chi connectivity index (χ0n) is 17.8. The maximum Gasteiger partial charge on any atom is 0.119 e. The molecule has 0 aliphatic carbocycles. The Labute approximate surface area is 165 Å². The van der Waals surface area contributed by atoms with Gasteiger partial charge in [-0.3, -0.25) is 0 Å². The number of benzene rings is 2. The highest BCUT2D eigenvalue weighted by molar-refractivity contribution is 5.45. The fourth-order valence-electron chi connectivity index (χ4n) is 3.35. The largest absolute Gasteiger partial charge is 0.491 e. The van der Waals surface area contributed by atoms with Crippen molar-refractivity contribution in [2.45, 2.75) is 52.7 Å². The molecule has 148 valence electrons. The number of anilines is 1. The van der Waals surface area contributed by atoms with Gasteiger partial charge in [0.2, 0.25) is 0 Å². The molecule has 0 bridgehead atoms. The molecule has 0 aliphatic heterocycles. The molecule has 0 saturated carbocycles. The van der Waals surface area contributed by atoms with Crippen LogP contribution in [-0.4, -0.2) is 26.7 Å². The van der Waals surface area contributed by atoms with E-state index in [1.807, 2.05) is 0 Å². The summed E-state index contributed by atoms with van der Waals surface area (Å²) in [6.45, 7) is 10.7. The third kappa shape index (κ3) is 6.91. The van der Waals surface area contributed by atoms with Gasteiger partial charge in [-0.1, -0.05) is 38.1 Å². The van der Waals surface area contributed by atoms with Crippen LogP contribution in [-0.2, 0) is 6.54 Å². The Morgan fingerprint density at radius 2 is 1.52 bits per heavy atom. The minimum absolute atomic E-state index is 0.215. The van der Waals surface area contributed by atoms with E-state index in [1.54, 1.807) is 0 Å². The summed E-state index contributed by atoms with van der Waals surface area (Å²) in [5.74, 6) is 2.13. The summed E-state index contributed by atoms with van der Waals surface area (Å²) in [4.78, 5) is 2.13. The van der Waals surface area contributed by atoms with Crippen LogP contribution in [0.25, 0.3) is 0 Å². The van der Waals surface area contributed by atoms with E-state index in [0.717, 1.165) is 25.3 Å². The average Bonchev–Trinajstić information content (AvgIpc) is 2.62. The average molecular weight is 369 g/mol. The predicted molar refractivity (Wildman–Crippen MR) is 117 cm³/mol. The molecule has 0 aromatic heterocycles. The van der Waals surface area contributed by atoms with Crippen molar-refractivity contribution in [1.82, 2.24) is 5.32 Å². The summed E-state index contributed by atoms with van der Waals surface area (Å²) in [5, 5.41) is 3.60. The monoisotopic (exact) mass is 368 g/mol. The number of rotatable bonds is 10. The first-order valence-corrected chi connectivity index (χ1v) is 10.1. The lowest BCUT2D eigenvalue weighted by molar-refractivity contribution is 0.242. The highest BCUT2D eigenvalue weighted by Gasteiger charge is 2.15. The summed E-state index contributed by atoms with van der Waals surface area (Å²) in [5.41, 5.74) is 3.97. The van der Waals surface area contributed by atoms with Crippen molar-refractivity contribution in [3.05, 3.63) is 59.7 Å². The van der Waals surface area contributed by atoms with Crippen LogP contribution < -0.4 is 15.0 Å². The van der Waals surface area contributed by atoms with Crippen LogP contribution in [0.4, 0.5) is 5.69 Å². The molecule has 0 amide bonds. The zero-order valence-corrected chi connectivity index (χ0v) is 17.8. The van der Waals surface area contributed by atoms with E-state index >= 15 is 0 Å². The molecule has 1 N–H and O–H groups in total. The van der Waals surface area contributed by atoms with Crippen molar-refractivity contribution in [3.8, 4) is 5.75 Å². The molecule has 1 atom stereocenters. The van der Waals surface area contributed by atoms with E-state index in [4.69, 9.17) is 4.74 Å². The van der Waals surface area contributed by atoms with Gasteiger partial charge in [0.15, 0.2) is 0 Å². The first-order valence-electron chi connectivity index (χ1n) is 10.1. The van der Waals surface area contributed by atoms with Gasteiger partial charge in [0.1, 0.15) is 5.75 Å². The second kappa shape index (κ2) is 10.4. The third-order valence-corrected chi connectivity index (χ3v) is 4.90. The predicted octanol–water partition coefficient (Wildman–Crippen LogP) is 5.46. The molecule has 2 aromatic carbocycles. The van der Waals surface area contributed by atoms with Crippen LogP contribution in [0.1, 0.15) is 51.2 Å². The molecule has 2 aromatic rings. The SMILES string of the molecule is CC(C)Oc1ccc(C(CCNCc2ccc(N(C)C)cc2)C(C)C)cc1. The summed E-state index contributed by atoms with van der Waals surface area (Å²) in [6, 6.07) is 17.4. The Balaban J connectivity index is 1.85. The fourth-order valence-corrected chi connectivity index (χ4v) is 3.35. The van der Waals surface area contributed by atoms with Crippen LogP contribution in [0, 0.1) is 5.92 Å². The highest BCUT2D eigenvalue weighted by Crippen LogP contribution is 2.29. The van der Waals surface area contributed by atoms with Crippen LogP contribution >= 0.6 is 0 Å². The van der Waals surface area contributed by atoms with E-state index in [1.165, 1.54) is 16.8 Å². The van der Waals surface area contributed by atoms with Gasteiger partial charge in [0.25, 0.3) is 0 Å². The van der Waals surface area contributed by atoms with Crippen molar-refractivity contribution < 1.29 is 4.74 Å². The maximum atomic E-state index is 5.76. The van der Waals surface area contributed by atoms with Crippen molar-refractivity contribution >= 4 is 5.69 Å². The zero-order chi connectivity index (χ0) is 19.8. The van der Waals surface area contributed by atoms with Gasteiger partial charge in [0, 0.05) is 26.3 Å². The minimum atomic E-state index is 0.215. The van der Waals surface area contributed by atoms with Crippen molar-refractivity contribution in [1.29, 1.82) is 0 Å². The van der Waals surface area contributed by atoms with E-state index in [0.29, 0.717) is 11.8 Å². The van der Waals surface area contributed by atoms with Crippen molar-refractivity contribution in [2.24, 2.45) is 5.92 Å². The Morgan fingerprint density at radius 3 is 2.04 bits per heavy atom. The van der Waals surface area contributed by atoms with E-state index in [-0.39, 0.29) is 6.10 Å². The quantitative estimate of drug-likeness (QED) is 0.564. The Morgan fingerprint density at radius 1 is 0.889 bits per heavy atom. The van der Waals surface area contributed by atoms with E-state index < -0.39 is 0 Å². The molecule has 0 fully saturated rings. The van der Waals surface area contributed by atoms with Gasteiger partial charge in [-0.15, -0.1) is 0 Å². The van der Waals surface area contributed by atoms with Gasteiger partial charge in [0.05, 0.1) is 6.10 Å². The molecular weight excluding hydrogens is 332 g/mol. The molecule has 0 aliphatic rings. The number of nitrogens with one attached hydrogen (secondary N) is 1. The molecule has 1 unspecified atom stereocenters. The lowest BCUT2D eigenvalue weighted by Gasteiger charge is -2.22. The summed E-state index contributed by atoms with van der Waals surface area (Å²) in [7, 11) is 4.14. The smallest absolute Gasteiger partial charge is 0.119 e. The normalized spacial score (nSPS) is 12.4. The van der Waals surface area contributed by atoms with Crippen LogP contribution in [0.3, 0.4) is 0 Å². The highest BCUT2D eigenvalue weighted by atomic mass is 16.5. The molecule has 0 saturated heterocycles. The van der Waals surface area contributed by atoms with Gasteiger partial charge >= 0.3 is 0 Å². The van der Waals surface area contributed by atoms with Gasteiger partial charge in [-0.05, 0) is 74.0 Å². The van der Waals surface area contributed by atoms with E-state index in [2.05, 4.69) is 101 Å². The molecule has 2 rings (SSSR count). The lowest BCUT2D eigenvalue weighted by atomic mass is 9.86. The van der Waals surface area contributed by atoms with Crippen LogP contribution in [0.5, 0.6) is 5.75 Å². The Hall–Kier alpha value is -2.00. The Kier molecular flexibility index (Phi) is 8.18. The number of hydrogen-bond acceptors (Lipinski definition) is 3. The maximum absolute atomic E-state index is 5.76. The second-order valence-electron chi connectivity index (χ2n) is 8.11. The fraction of sp³-hybridized carbons (Fsp3) is 0.500. The topological polar surface area (TPSA) is 24.5 Å². The number of ether oxygens (including phenoxy) is 1. The van der Waals surface area contributed by atoms with Crippen LogP contribution in [0.15, 0.2) is 48.5 Å². The third-order valence-electron chi connectivity index (χ3n) is 4.90. The summed E-state index contributed by atoms with van der Waals surface area (Å²) >= 11 is 0. The first-order chi connectivity index (χ1) is 12.9. The summed E-state index contributed by atoms with van der Waals surface area (Å²) in [6.07, 6.45) is 1.35. The molecular formula is C24H36N2O. The standard InChI is InChI=1S/C24H36N2O/c1-18(2)24(21-9-13-23(14-10-21)27-19(3)4)15-16-25-17-20-7-11-22(12-8-20)26(5)6/h7-14,18-19,24-25H,15-17H2,1-6H3. The van der Waals surface area contributed by atoms with Crippen molar-refractivity contribution in [2.75, 3.05) is 25.5 Å². The summed E-state index contributed by atoms with van der Waals surface area (Å²) < 4.78 is 5.76. The van der Waals surface area contributed by atoms with Crippen molar-refractivity contribution in [3.63, 3.8) is 0 Å². The molecule has 3 nitrogen and oxygen atoms in total. The number of nitrogens with zero attached hydrogens (tertiary/aromatic N) is 1. The molecule has 3 heteroatoms. The molecule has 27 heavy (non-hydrogen) atoms.